The van der Waals surface area contributed by atoms with Crippen LogP contribution in [0.3, 0.4) is 0 Å². The van der Waals surface area contributed by atoms with Crippen LogP contribution in [0, 0.1) is 0 Å². The van der Waals surface area contributed by atoms with Crippen molar-refractivity contribution >= 4 is 55.6 Å². The summed E-state index contributed by atoms with van der Waals surface area (Å²) >= 11 is 0. The molecule has 7 aromatic rings. The topological polar surface area (TPSA) is 4.93 Å². The number of allylic oxidation sites excluding steroid dienone is 3. The molecule has 1 aliphatic heterocycles. The van der Waals surface area contributed by atoms with Crippen molar-refractivity contribution in [1.82, 2.24) is 4.57 Å². The third kappa shape index (κ3) is 4.08. The summed E-state index contributed by atoms with van der Waals surface area (Å²) in [5.74, 6) is 0. The summed E-state index contributed by atoms with van der Waals surface area (Å²) in [6.45, 7) is -2.33. The number of hydrogen-bond donors (Lipinski definition) is 0. The fourth-order valence-electron chi connectivity index (χ4n) is 6.76. The second-order valence-electron chi connectivity index (χ2n) is 10.9. The van der Waals surface area contributed by atoms with Gasteiger partial charge in [0.25, 0.3) is 0 Å². The predicted molar refractivity (Wildman–Crippen MR) is 188 cm³/mol. The molecule has 2 heteroatoms. The van der Waals surface area contributed by atoms with Crippen molar-refractivity contribution in [2.24, 2.45) is 0 Å². The molecule has 0 saturated carbocycles. The molecule has 0 aliphatic carbocycles. The fourth-order valence-corrected chi connectivity index (χ4v) is 11.4. The first-order valence-corrected chi connectivity index (χ1v) is 16.6. The maximum Gasteiger partial charge on any atom is 0.0541 e. The third-order valence-electron chi connectivity index (χ3n) is 8.56. The van der Waals surface area contributed by atoms with Crippen LogP contribution < -0.4 is 10.6 Å². The number of fused-ring (bicyclic) bond motifs is 3. The lowest BCUT2D eigenvalue weighted by atomic mass is 10.1. The lowest BCUT2D eigenvalue weighted by molar-refractivity contribution is 1.24. The Kier molecular flexibility index (Phi) is 6.33. The largest absolute Gasteiger partial charge is 0.309 e. The molecule has 0 atom stereocenters. The number of benzene rings is 6. The van der Waals surface area contributed by atoms with E-state index in [1.807, 2.05) is 0 Å². The second-order valence-corrected chi connectivity index (χ2v) is 14.3. The van der Waals surface area contributed by atoms with Gasteiger partial charge in [-0.3, -0.25) is 0 Å². The molecule has 2 heterocycles. The molecule has 0 radical (unpaired) electrons. The third-order valence-corrected chi connectivity index (χ3v) is 12.9. The number of hydrogen-bond acceptors (Lipinski definition) is 0. The highest BCUT2D eigenvalue weighted by molar-refractivity contribution is 7.98. The average molecular weight is 568 g/mol. The zero-order chi connectivity index (χ0) is 28.6. The number of nitrogens with zero attached hydrogens (tertiary/aromatic N) is 1. The fraction of sp³-hybridized carbons (Fsp3) is 0. The normalized spacial score (nSPS) is 14.5. The molecule has 1 aromatic heterocycles. The molecule has 8 rings (SSSR count). The Morgan fingerprint density at radius 1 is 0.372 bits per heavy atom. The minimum absolute atomic E-state index is 1.18. The van der Waals surface area contributed by atoms with Crippen molar-refractivity contribution in [2.45, 2.75) is 0 Å². The van der Waals surface area contributed by atoms with Gasteiger partial charge in [-0.15, -0.1) is 0 Å². The minimum atomic E-state index is -2.33. The van der Waals surface area contributed by atoms with Gasteiger partial charge >= 0.3 is 0 Å². The van der Waals surface area contributed by atoms with Crippen LogP contribution in [0.4, 0.5) is 0 Å². The Labute approximate surface area is 252 Å². The summed E-state index contributed by atoms with van der Waals surface area (Å²) in [6, 6.07) is 61.9. The summed E-state index contributed by atoms with van der Waals surface area (Å²) in [5, 5.41) is 7.98. The van der Waals surface area contributed by atoms with Gasteiger partial charge in [0.1, 0.15) is 0 Å². The van der Waals surface area contributed by atoms with Gasteiger partial charge in [0, 0.05) is 16.5 Å². The predicted octanol–water partition coefficient (Wildman–Crippen LogP) is 9.58. The molecule has 0 unspecified atom stereocenters. The molecule has 43 heavy (non-hydrogen) atoms. The van der Waals surface area contributed by atoms with Crippen molar-refractivity contribution in [3.05, 3.63) is 193 Å². The summed E-state index contributed by atoms with van der Waals surface area (Å²) < 4.78 is 2.46. The molecule has 0 saturated heterocycles. The summed E-state index contributed by atoms with van der Waals surface area (Å²) in [7, 11) is 0. The molecular formula is C41H30NP. The molecular weight excluding hydrogens is 537 g/mol. The molecule has 0 bridgehead atoms. The van der Waals surface area contributed by atoms with Crippen molar-refractivity contribution in [3.8, 4) is 0 Å². The number of aromatic nitrogens is 1. The minimum Gasteiger partial charge on any atom is -0.309 e. The van der Waals surface area contributed by atoms with E-state index in [0.717, 1.165) is 0 Å². The zero-order valence-corrected chi connectivity index (χ0v) is 24.6. The van der Waals surface area contributed by atoms with E-state index >= 15 is 0 Å². The zero-order valence-electron chi connectivity index (χ0n) is 23.7. The van der Waals surface area contributed by atoms with Crippen LogP contribution in [0.1, 0.15) is 11.1 Å². The highest BCUT2D eigenvalue weighted by Gasteiger charge is 2.35. The van der Waals surface area contributed by atoms with Gasteiger partial charge in [0.2, 0.25) is 0 Å². The lowest BCUT2D eigenvalue weighted by Crippen LogP contribution is -2.25. The molecule has 0 spiro atoms. The molecule has 0 fully saturated rings. The van der Waals surface area contributed by atoms with Crippen LogP contribution >= 0.6 is 6.89 Å². The van der Waals surface area contributed by atoms with E-state index in [-0.39, 0.29) is 0 Å². The Balaban J connectivity index is 1.61. The molecule has 0 amide bonds. The summed E-state index contributed by atoms with van der Waals surface area (Å²) in [5.41, 5.74) is 6.12. The number of rotatable bonds is 5. The highest BCUT2D eigenvalue weighted by atomic mass is 31.2. The van der Waals surface area contributed by atoms with Gasteiger partial charge in [-0.1, -0.05) is 158 Å². The summed E-state index contributed by atoms with van der Waals surface area (Å²) in [4.78, 5) is 0. The molecule has 1 nitrogen and oxygen atoms in total. The quantitative estimate of drug-likeness (QED) is 0.183. The van der Waals surface area contributed by atoms with Gasteiger partial charge in [-0.2, -0.15) is 0 Å². The molecule has 1 aliphatic rings. The van der Waals surface area contributed by atoms with Crippen LogP contribution in [0.2, 0.25) is 0 Å². The van der Waals surface area contributed by atoms with Gasteiger partial charge in [0.05, 0.1) is 11.0 Å². The Morgan fingerprint density at radius 2 is 0.791 bits per heavy atom. The van der Waals surface area contributed by atoms with Gasteiger partial charge in [0.15, 0.2) is 0 Å². The van der Waals surface area contributed by atoms with E-state index in [1.54, 1.807) is 0 Å². The van der Waals surface area contributed by atoms with Crippen molar-refractivity contribution in [2.75, 3.05) is 0 Å². The van der Waals surface area contributed by atoms with E-state index < -0.39 is 6.89 Å². The average Bonchev–Trinajstić information content (AvgIpc) is 3.44. The van der Waals surface area contributed by atoms with Crippen molar-refractivity contribution < 1.29 is 0 Å². The van der Waals surface area contributed by atoms with Crippen LogP contribution in [-0.2, 0) is 0 Å². The Hall–Kier alpha value is -5.10. The van der Waals surface area contributed by atoms with Crippen LogP contribution in [0.25, 0.3) is 32.8 Å². The lowest BCUT2D eigenvalue weighted by Gasteiger charge is -2.37. The number of para-hydroxylation sites is 2. The van der Waals surface area contributed by atoms with E-state index in [4.69, 9.17) is 0 Å². The first-order valence-electron chi connectivity index (χ1n) is 14.8. The van der Waals surface area contributed by atoms with Gasteiger partial charge in [-0.05, 0) is 63.5 Å². The molecule has 6 aromatic carbocycles. The van der Waals surface area contributed by atoms with E-state index in [2.05, 4.69) is 187 Å². The monoisotopic (exact) mass is 567 g/mol. The van der Waals surface area contributed by atoms with Crippen LogP contribution in [0.15, 0.2) is 182 Å². The Morgan fingerprint density at radius 3 is 1.30 bits per heavy atom. The van der Waals surface area contributed by atoms with Gasteiger partial charge < -0.3 is 4.57 Å². The van der Waals surface area contributed by atoms with Gasteiger partial charge in [-0.25, -0.2) is 0 Å². The van der Waals surface area contributed by atoms with Crippen LogP contribution in [-0.4, -0.2) is 9.86 Å². The second kappa shape index (κ2) is 10.6. The SMILES string of the molecule is C1=C(n2c3ccccc3c3ccccc32)C=C(c2ccccc2)P(c2ccccc2)(c2ccccc2)=C1c1ccccc1. The standard InChI is InChI=1S/C41H30NP/c1-5-17-31(18-6-1)40-29-33(42-38-27-15-13-25-36(38)37-26-14-16-28-39(37)42)30-41(32-19-7-2-8-20-32)43(40,34-21-9-3-10-22-34)35-23-11-4-12-24-35/h1-30H. The molecule has 204 valence electrons. The Bertz CT molecular complexity index is 2110. The first kappa shape index (κ1) is 25.6. The van der Waals surface area contributed by atoms with E-state index in [9.17, 15) is 0 Å². The van der Waals surface area contributed by atoms with E-state index in [0.29, 0.717) is 0 Å². The first-order chi connectivity index (χ1) is 21.4. The van der Waals surface area contributed by atoms with E-state index in [1.165, 1.54) is 59.8 Å². The van der Waals surface area contributed by atoms with Crippen LogP contribution in [0.5, 0.6) is 0 Å². The maximum absolute atomic E-state index is 2.48. The van der Waals surface area contributed by atoms with Crippen molar-refractivity contribution in [1.29, 1.82) is 0 Å². The summed E-state index contributed by atoms with van der Waals surface area (Å²) in [6.07, 6.45) is 4.96. The molecule has 0 N–H and O–H groups in total. The highest BCUT2D eigenvalue weighted by Crippen LogP contribution is 2.62. The smallest absolute Gasteiger partial charge is 0.0541 e. The van der Waals surface area contributed by atoms with Crippen molar-refractivity contribution in [3.63, 3.8) is 0 Å². The maximum atomic E-state index is 2.48.